The number of amides is 2. The van der Waals surface area contributed by atoms with Crippen molar-refractivity contribution in [1.29, 1.82) is 0 Å². The monoisotopic (exact) mass is 407 g/mol. The molecule has 3 heterocycles. The molecule has 10 nitrogen and oxygen atoms in total. The lowest BCUT2D eigenvalue weighted by Crippen LogP contribution is -2.70. The standard InChI is InChI=1S/C17H17N3O7S/c1-9(21)27-7-10-8-28-16-13(15(24)20(16)14(10)17(25)26)18-12(23)6-19-4-2-11(22)3-5-19/h2-5,13,16H,6-8H2,1H3,(H,18,23)(H,25,26)/t13-,16-/m1/s1. The fourth-order valence-electron chi connectivity index (χ4n) is 2.92. The molecule has 2 aliphatic rings. The predicted molar refractivity (Wildman–Crippen MR) is 97.0 cm³/mol. The Morgan fingerprint density at radius 3 is 2.57 bits per heavy atom. The number of fused-ring (bicyclic) bond motifs is 1. The molecule has 0 aromatic carbocycles. The summed E-state index contributed by atoms with van der Waals surface area (Å²) in [6, 6.07) is 1.78. The highest BCUT2D eigenvalue weighted by atomic mass is 32.2. The fourth-order valence-corrected chi connectivity index (χ4v) is 4.24. The molecule has 0 unspecified atom stereocenters. The molecule has 0 saturated carbocycles. The molecule has 0 bridgehead atoms. The predicted octanol–water partition coefficient (Wildman–Crippen LogP) is -0.850. The maximum Gasteiger partial charge on any atom is 0.352 e. The molecular formula is C17H17N3O7S. The van der Waals surface area contributed by atoms with E-state index in [2.05, 4.69) is 5.32 Å². The minimum Gasteiger partial charge on any atom is -0.477 e. The Kier molecular flexibility index (Phi) is 5.54. The molecule has 1 aromatic heterocycles. The number of thioether (sulfide) groups is 1. The van der Waals surface area contributed by atoms with Crippen molar-refractivity contribution in [3.05, 3.63) is 46.0 Å². The van der Waals surface area contributed by atoms with Gasteiger partial charge in [-0.3, -0.25) is 24.1 Å². The number of rotatable bonds is 6. The summed E-state index contributed by atoms with van der Waals surface area (Å²) in [6.45, 7) is 0.924. The molecule has 2 N–H and O–H groups in total. The number of carboxylic acid groups (broad SMARTS) is 1. The summed E-state index contributed by atoms with van der Waals surface area (Å²) < 4.78 is 6.36. The van der Waals surface area contributed by atoms with Crippen molar-refractivity contribution in [3.63, 3.8) is 0 Å². The Balaban J connectivity index is 1.68. The quantitative estimate of drug-likeness (QED) is 0.460. The van der Waals surface area contributed by atoms with Crippen molar-refractivity contribution in [1.82, 2.24) is 14.8 Å². The number of aromatic nitrogens is 1. The fraction of sp³-hybridized carbons (Fsp3) is 0.353. The number of carbonyl (C=O) groups excluding carboxylic acids is 3. The number of nitrogens with one attached hydrogen (secondary N) is 1. The first kappa shape index (κ1) is 19.7. The van der Waals surface area contributed by atoms with E-state index in [1.165, 1.54) is 47.8 Å². The van der Waals surface area contributed by atoms with Crippen LogP contribution in [0.25, 0.3) is 0 Å². The van der Waals surface area contributed by atoms with Crippen molar-refractivity contribution in [2.24, 2.45) is 0 Å². The van der Waals surface area contributed by atoms with Gasteiger partial charge in [-0.05, 0) is 0 Å². The molecular weight excluding hydrogens is 390 g/mol. The third kappa shape index (κ3) is 3.93. The number of carboxylic acids is 1. The van der Waals surface area contributed by atoms with Crippen molar-refractivity contribution in [3.8, 4) is 0 Å². The molecule has 1 saturated heterocycles. The van der Waals surface area contributed by atoms with E-state index in [0.717, 1.165) is 4.90 Å². The van der Waals surface area contributed by atoms with Crippen LogP contribution in [0.2, 0.25) is 0 Å². The number of pyridine rings is 1. The van der Waals surface area contributed by atoms with Crippen LogP contribution in [-0.4, -0.2) is 62.1 Å². The van der Waals surface area contributed by atoms with Gasteiger partial charge in [0.2, 0.25) is 5.91 Å². The molecule has 148 valence electrons. The number of hydrogen-bond donors (Lipinski definition) is 2. The summed E-state index contributed by atoms with van der Waals surface area (Å²) in [4.78, 5) is 59.5. The van der Waals surface area contributed by atoms with Crippen molar-refractivity contribution in [2.45, 2.75) is 24.9 Å². The van der Waals surface area contributed by atoms with Gasteiger partial charge >= 0.3 is 11.9 Å². The Labute approximate surface area is 163 Å². The number of nitrogens with zero attached hydrogens (tertiary/aromatic N) is 2. The normalized spacial score (nSPS) is 20.9. The van der Waals surface area contributed by atoms with Gasteiger partial charge in [0.05, 0.1) is 0 Å². The number of hydrogen-bond acceptors (Lipinski definition) is 7. The number of carbonyl (C=O) groups is 4. The summed E-state index contributed by atoms with van der Waals surface area (Å²) in [5, 5.41) is 11.5. The van der Waals surface area contributed by atoms with E-state index in [1.807, 2.05) is 0 Å². The van der Waals surface area contributed by atoms with Crippen LogP contribution in [0.15, 0.2) is 40.6 Å². The largest absolute Gasteiger partial charge is 0.477 e. The van der Waals surface area contributed by atoms with Crippen LogP contribution in [0.4, 0.5) is 0 Å². The van der Waals surface area contributed by atoms with Gasteiger partial charge < -0.3 is 19.7 Å². The lowest BCUT2D eigenvalue weighted by Gasteiger charge is -2.49. The Morgan fingerprint density at radius 2 is 1.96 bits per heavy atom. The molecule has 28 heavy (non-hydrogen) atoms. The number of ether oxygens (including phenoxy) is 1. The van der Waals surface area contributed by atoms with E-state index in [0.29, 0.717) is 5.57 Å². The lowest BCUT2D eigenvalue weighted by atomic mass is 10.0. The minimum atomic E-state index is -1.29. The minimum absolute atomic E-state index is 0.0826. The number of esters is 1. The van der Waals surface area contributed by atoms with Crippen LogP contribution in [-0.2, 0) is 30.5 Å². The third-order valence-corrected chi connectivity index (χ3v) is 5.54. The molecule has 3 rings (SSSR count). The van der Waals surface area contributed by atoms with Gasteiger partial charge in [-0.2, -0.15) is 0 Å². The highest BCUT2D eigenvalue weighted by molar-refractivity contribution is 8.00. The van der Waals surface area contributed by atoms with Crippen LogP contribution >= 0.6 is 11.8 Å². The first-order valence-corrected chi connectivity index (χ1v) is 9.31. The molecule has 0 aliphatic carbocycles. The molecule has 0 radical (unpaired) electrons. The second-order valence-electron chi connectivity index (χ2n) is 6.20. The second kappa shape index (κ2) is 7.89. The van der Waals surface area contributed by atoms with Gasteiger partial charge in [0.1, 0.15) is 30.3 Å². The summed E-state index contributed by atoms with van der Waals surface area (Å²) in [5.41, 5.74) is -0.0612. The zero-order chi connectivity index (χ0) is 20.4. The van der Waals surface area contributed by atoms with Gasteiger partial charge in [-0.1, -0.05) is 0 Å². The van der Waals surface area contributed by atoms with Crippen LogP contribution in [0.1, 0.15) is 6.92 Å². The van der Waals surface area contributed by atoms with Gasteiger partial charge in [0, 0.05) is 42.8 Å². The van der Waals surface area contributed by atoms with Crippen LogP contribution in [0, 0.1) is 0 Å². The molecule has 2 amide bonds. The van der Waals surface area contributed by atoms with Gasteiger partial charge in [0.25, 0.3) is 5.91 Å². The van der Waals surface area contributed by atoms with Crippen molar-refractivity contribution in [2.75, 3.05) is 12.4 Å². The van der Waals surface area contributed by atoms with Crippen LogP contribution in [0.5, 0.6) is 0 Å². The first-order valence-electron chi connectivity index (χ1n) is 8.26. The summed E-state index contributed by atoms with van der Waals surface area (Å²) in [6.07, 6.45) is 2.91. The Morgan fingerprint density at radius 1 is 1.29 bits per heavy atom. The van der Waals surface area contributed by atoms with Crippen molar-refractivity contribution >= 4 is 35.5 Å². The summed E-state index contributed by atoms with van der Waals surface area (Å²) in [5.74, 6) is -2.56. The summed E-state index contributed by atoms with van der Waals surface area (Å²) >= 11 is 1.29. The highest BCUT2D eigenvalue weighted by Gasteiger charge is 2.54. The SMILES string of the molecule is CC(=O)OCC1=C(C(=O)O)N2C(=O)[C@@H](NC(=O)Cn3ccc(=O)cc3)[C@H]2SC1. The highest BCUT2D eigenvalue weighted by Crippen LogP contribution is 2.40. The maximum absolute atomic E-state index is 12.5. The van der Waals surface area contributed by atoms with Crippen LogP contribution in [0.3, 0.4) is 0 Å². The lowest BCUT2D eigenvalue weighted by molar-refractivity contribution is -0.151. The Hall–Kier alpha value is -3.08. The maximum atomic E-state index is 12.5. The molecule has 11 heteroatoms. The molecule has 2 atom stereocenters. The van der Waals surface area contributed by atoms with Gasteiger partial charge in [0.15, 0.2) is 5.43 Å². The van der Waals surface area contributed by atoms with Gasteiger partial charge in [-0.15, -0.1) is 11.8 Å². The molecule has 1 aromatic rings. The smallest absolute Gasteiger partial charge is 0.352 e. The number of aliphatic carboxylic acids is 1. The third-order valence-electron chi connectivity index (χ3n) is 4.20. The average molecular weight is 407 g/mol. The topological polar surface area (TPSA) is 135 Å². The Bertz CT molecular complexity index is 918. The average Bonchev–Trinajstić information content (AvgIpc) is 2.65. The van der Waals surface area contributed by atoms with Crippen LogP contribution < -0.4 is 10.7 Å². The van der Waals surface area contributed by atoms with E-state index < -0.39 is 35.2 Å². The van der Waals surface area contributed by atoms with E-state index in [1.54, 1.807) is 0 Å². The molecule has 0 spiro atoms. The molecule has 1 fully saturated rings. The van der Waals surface area contributed by atoms with E-state index in [9.17, 15) is 29.1 Å². The second-order valence-corrected chi connectivity index (χ2v) is 7.30. The zero-order valence-electron chi connectivity index (χ0n) is 14.8. The molecule has 2 aliphatic heterocycles. The first-order chi connectivity index (χ1) is 13.3. The summed E-state index contributed by atoms with van der Waals surface area (Å²) in [7, 11) is 0. The zero-order valence-corrected chi connectivity index (χ0v) is 15.6. The van der Waals surface area contributed by atoms with E-state index >= 15 is 0 Å². The van der Waals surface area contributed by atoms with Gasteiger partial charge in [-0.25, -0.2) is 4.79 Å². The number of β-lactam (4-membered cyclic amide) rings is 1. The van der Waals surface area contributed by atoms with Crippen molar-refractivity contribution < 1.29 is 29.0 Å². The van der Waals surface area contributed by atoms with E-state index in [4.69, 9.17) is 4.74 Å². The van der Waals surface area contributed by atoms with E-state index in [-0.39, 0.29) is 30.0 Å².